The number of fused-ring (bicyclic) bond motifs is 1. The van der Waals surface area contributed by atoms with Gasteiger partial charge in [-0.3, -0.25) is 4.79 Å². The Bertz CT molecular complexity index is 1120. The molecule has 2 N–H and O–H groups in total. The fourth-order valence-corrected chi connectivity index (χ4v) is 3.18. The average Bonchev–Trinajstić information content (AvgIpc) is 2.66. The summed E-state index contributed by atoms with van der Waals surface area (Å²) in [5, 5.41) is 3.38. The summed E-state index contributed by atoms with van der Waals surface area (Å²) in [7, 11) is 0. The molecule has 2 aromatic carbocycles. The number of esters is 1. The monoisotopic (exact) mass is 404 g/mol. The van der Waals surface area contributed by atoms with E-state index in [1.54, 1.807) is 32.0 Å². The lowest BCUT2D eigenvalue weighted by molar-refractivity contribution is -0.138. The number of carbonyl (C=O) groups excluding carboxylic acids is 1. The van der Waals surface area contributed by atoms with Crippen molar-refractivity contribution in [2.75, 3.05) is 11.9 Å². The van der Waals surface area contributed by atoms with Crippen LogP contribution < -0.4 is 10.9 Å². The summed E-state index contributed by atoms with van der Waals surface area (Å²) in [5.41, 5.74) is -0.327. The van der Waals surface area contributed by atoms with Crippen LogP contribution in [0.1, 0.15) is 34.0 Å². The Morgan fingerprint density at radius 2 is 1.86 bits per heavy atom. The quantitative estimate of drug-likeness (QED) is 0.608. The van der Waals surface area contributed by atoms with Crippen LogP contribution in [0.4, 0.5) is 18.9 Å². The number of aryl methyl sites for hydroxylation is 1. The zero-order valence-corrected chi connectivity index (χ0v) is 15.8. The molecule has 0 atom stereocenters. The number of anilines is 1. The molecule has 0 unspecified atom stereocenters. The number of nitrogens with one attached hydrogen (secondary N) is 2. The van der Waals surface area contributed by atoms with Gasteiger partial charge in [-0.1, -0.05) is 36.4 Å². The number of carbonyl (C=O) groups is 1. The van der Waals surface area contributed by atoms with Crippen LogP contribution >= 0.6 is 0 Å². The van der Waals surface area contributed by atoms with Crippen LogP contribution in [-0.4, -0.2) is 17.6 Å². The van der Waals surface area contributed by atoms with Crippen LogP contribution in [0.15, 0.2) is 47.3 Å². The minimum atomic E-state index is -4.52. The fraction of sp³-hybridized carbons (Fsp3) is 0.238. The van der Waals surface area contributed by atoms with Gasteiger partial charge in [0.25, 0.3) is 5.56 Å². The first-order chi connectivity index (χ1) is 13.7. The maximum Gasteiger partial charge on any atom is 0.416 e. The highest BCUT2D eigenvalue weighted by Crippen LogP contribution is 2.33. The van der Waals surface area contributed by atoms with Crippen molar-refractivity contribution >= 4 is 22.6 Å². The van der Waals surface area contributed by atoms with E-state index in [1.807, 2.05) is 0 Å². The highest BCUT2D eigenvalue weighted by atomic mass is 19.4. The van der Waals surface area contributed by atoms with Crippen molar-refractivity contribution in [3.63, 3.8) is 0 Å². The molecule has 3 aromatic rings. The largest absolute Gasteiger partial charge is 0.462 e. The van der Waals surface area contributed by atoms with Gasteiger partial charge in [-0.05, 0) is 31.0 Å². The van der Waals surface area contributed by atoms with Gasteiger partial charge in [-0.15, -0.1) is 0 Å². The summed E-state index contributed by atoms with van der Waals surface area (Å²) in [5.74, 6) is -0.844. The van der Waals surface area contributed by atoms with Gasteiger partial charge in [0.05, 0.1) is 23.4 Å². The van der Waals surface area contributed by atoms with E-state index < -0.39 is 23.3 Å². The topological polar surface area (TPSA) is 71.2 Å². The number of para-hydroxylation sites is 1. The summed E-state index contributed by atoms with van der Waals surface area (Å²) in [4.78, 5) is 27.6. The molecule has 0 aliphatic rings. The number of ether oxygens (including phenoxy) is 1. The molecule has 0 spiro atoms. The predicted octanol–water partition coefficient (Wildman–Crippen LogP) is 4.64. The molecule has 1 aromatic heterocycles. The number of benzene rings is 2. The van der Waals surface area contributed by atoms with Crippen molar-refractivity contribution in [1.29, 1.82) is 0 Å². The smallest absolute Gasteiger partial charge is 0.416 e. The van der Waals surface area contributed by atoms with Crippen molar-refractivity contribution in [1.82, 2.24) is 4.98 Å². The summed E-state index contributed by atoms with van der Waals surface area (Å²) >= 11 is 0. The minimum absolute atomic E-state index is 0.00380. The van der Waals surface area contributed by atoms with E-state index >= 15 is 0 Å². The standard InChI is InChI=1S/C21H19F3N2O3/c1-3-29-20(28)16-18(14-9-6-7-12(2)17(14)26-19(16)27)25-11-13-8-4-5-10-15(13)21(22,23)24/h4-10H,3,11H2,1-2H3,(H2,25,26,27). The van der Waals surface area contributed by atoms with Gasteiger partial charge in [0.2, 0.25) is 0 Å². The highest BCUT2D eigenvalue weighted by Gasteiger charge is 2.33. The molecule has 0 fully saturated rings. The van der Waals surface area contributed by atoms with Crippen molar-refractivity contribution in [2.45, 2.75) is 26.6 Å². The number of aromatic amines is 1. The first kappa shape index (κ1) is 20.4. The average molecular weight is 404 g/mol. The van der Waals surface area contributed by atoms with E-state index in [-0.39, 0.29) is 30.0 Å². The Morgan fingerprint density at radius 3 is 2.55 bits per heavy atom. The first-order valence-corrected chi connectivity index (χ1v) is 8.95. The summed E-state index contributed by atoms with van der Waals surface area (Å²) in [6.07, 6.45) is -4.52. The third-order valence-corrected chi connectivity index (χ3v) is 4.52. The molecule has 8 heteroatoms. The van der Waals surface area contributed by atoms with Crippen LogP contribution in [0, 0.1) is 6.92 Å². The van der Waals surface area contributed by atoms with Crippen LogP contribution in [0.5, 0.6) is 0 Å². The number of pyridine rings is 1. The molecule has 0 aliphatic heterocycles. The molecular weight excluding hydrogens is 385 g/mol. The molecule has 1 heterocycles. The van der Waals surface area contributed by atoms with E-state index in [1.165, 1.54) is 18.2 Å². The number of hydrogen-bond acceptors (Lipinski definition) is 4. The van der Waals surface area contributed by atoms with Crippen molar-refractivity contribution in [3.8, 4) is 0 Å². The number of halogens is 3. The molecule has 0 radical (unpaired) electrons. The molecule has 5 nitrogen and oxygen atoms in total. The zero-order chi connectivity index (χ0) is 21.2. The summed E-state index contributed by atoms with van der Waals surface area (Å²) in [6.45, 7) is 3.21. The molecular formula is C21H19F3N2O3. The van der Waals surface area contributed by atoms with E-state index in [0.29, 0.717) is 10.9 Å². The third-order valence-electron chi connectivity index (χ3n) is 4.52. The molecule has 152 valence electrons. The minimum Gasteiger partial charge on any atom is -0.462 e. The Hall–Kier alpha value is -3.29. The van der Waals surface area contributed by atoms with Crippen LogP contribution in [0.2, 0.25) is 0 Å². The van der Waals surface area contributed by atoms with Crippen LogP contribution in [-0.2, 0) is 17.5 Å². The van der Waals surface area contributed by atoms with E-state index in [9.17, 15) is 22.8 Å². The Morgan fingerprint density at radius 1 is 1.14 bits per heavy atom. The number of H-pyrrole nitrogens is 1. The summed E-state index contributed by atoms with van der Waals surface area (Å²) in [6, 6.07) is 10.3. The Kier molecular flexibility index (Phi) is 5.63. The number of rotatable bonds is 5. The normalized spacial score (nSPS) is 11.5. The van der Waals surface area contributed by atoms with Gasteiger partial charge < -0.3 is 15.0 Å². The zero-order valence-electron chi connectivity index (χ0n) is 15.8. The van der Waals surface area contributed by atoms with Crippen LogP contribution in [0.25, 0.3) is 10.9 Å². The molecule has 29 heavy (non-hydrogen) atoms. The molecule has 0 bridgehead atoms. The van der Waals surface area contributed by atoms with Gasteiger partial charge in [0, 0.05) is 11.9 Å². The lowest BCUT2D eigenvalue weighted by Crippen LogP contribution is -2.23. The second-order valence-electron chi connectivity index (χ2n) is 6.43. The van der Waals surface area contributed by atoms with Gasteiger partial charge in [-0.25, -0.2) is 4.79 Å². The molecule has 0 amide bonds. The van der Waals surface area contributed by atoms with Gasteiger partial charge in [0.1, 0.15) is 5.56 Å². The fourth-order valence-electron chi connectivity index (χ4n) is 3.18. The highest BCUT2D eigenvalue weighted by molar-refractivity contribution is 6.05. The van der Waals surface area contributed by atoms with Crippen molar-refractivity contribution in [3.05, 3.63) is 75.1 Å². The third kappa shape index (κ3) is 4.11. The lowest BCUT2D eigenvalue weighted by Gasteiger charge is -2.17. The second-order valence-corrected chi connectivity index (χ2v) is 6.43. The predicted molar refractivity (Wildman–Crippen MR) is 104 cm³/mol. The second kappa shape index (κ2) is 7.98. The van der Waals surface area contributed by atoms with E-state index in [0.717, 1.165) is 11.6 Å². The van der Waals surface area contributed by atoms with Gasteiger partial charge >= 0.3 is 12.1 Å². The molecule has 3 rings (SSSR count). The van der Waals surface area contributed by atoms with E-state index in [2.05, 4.69) is 10.3 Å². The SMILES string of the molecule is CCOC(=O)c1c(NCc2ccccc2C(F)(F)F)c2cccc(C)c2[nH]c1=O. The summed E-state index contributed by atoms with van der Waals surface area (Å²) < 4.78 is 44.9. The molecule has 0 saturated heterocycles. The number of alkyl halides is 3. The first-order valence-electron chi connectivity index (χ1n) is 8.95. The number of hydrogen-bond donors (Lipinski definition) is 2. The number of aromatic nitrogens is 1. The lowest BCUT2D eigenvalue weighted by atomic mass is 10.0. The molecule has 0 saturated carbocycles. The van der Waals surface area contributed by atoms with Crippen molar-refractivity contribution < 1.29 is 22.7 Å². The van der Waals surface area contributed by atoms with Crippen molar-refractivity contribution in [2.24, 2.45) is 0 Å². The maximum atomic E-state index is 13.3. The maximum absolute atomic E-state index is 13.3. The Balaban J connectivity index is 2.14. The van der Waals surface area contributed by atoms with Crippen LogP contribution in [0.3, 0.4) is 0 Å². The van der Waals surface area contributed by atoms with Gasteiger partial charge in [-0.2, -0.15) is 13.2 Å². The Labute approximate surface area is 164 Å². The van der Waals surface area contributed by atoms with Gasteiger partial charge in [0.15, 0.2) is 0 Å². The van der Waals surface area contributed by atoms with E-state index in [4.69, 9.17) is 4.74 Å². The molecule has 0 aliphatic carbocycles.